The van der Waals surface area contributed by atoms with Crippen LogP contribution in [0, 0.1) is 0 Å². The fourth-order valence-electron chi connectivity index (χ4n) is 3.28. The molecule has 26 heavy (non-hydrogen) atoms. The Hall–Kier alpha value is -2.18. The highest BCUT2D eigenvalue weighted by Crippen LogP contribution is 2.28. The molecular weight excluding hydrogens is 370 g/mol. The summed E-state index contributed by atoms with van der Waals surface area (Å²) < 4.78 is 5.98. The Morgan fingerprint density at radius 2 is 2.31 bits per heavy atom. The maximum absolute atomic E-state index is 12.5. The van der Waals surface area contributed by atoms with E-state index in [0.717, 1.165) is 30.7 Å². The molecule has 2 aromatic heterocycles. The van der Waals surface area contributed by atoms with Crippen LogP contribution in [0.4, 0.5) is 0 Å². The highest BCUT2D eigenvalue weighted by molar-refractivity contribution is 7.11. The van der Waals surface area contributed by atoms with E-state index in [1.807, 2.05) is 29.2 Å². The van der Waals surface area contributed by atoms with Crippen molar-refractivity contribution in [1.82, 2.24) is 14.9 Å². The molecule has 0 bridgehead atoms. The van der Waals surface area contributed by atoms with E-state index in [1.54, 1.807) is 17.9 Å². The summed E-state index contributed by atoms with van der Waals surface area (Å²) in [5.41, 5.74) is 2.77. The molecule has 0 radical (unpaired) electrons. The van der Waals surface area contributed by atoms with Crippen molar-refractivity contribution < 1.29 is 9.21 Å². The predicted molar refractivity (Wildman–Crippen MR) is 101 cm³/mol. The van der Waals surface area contributed by atoms with E-state index >= 15 is 0 Å². The number of benzene rings is 1. The molecule has 1 atom stereocenters. The van der Waals surface area contributed by atoms with Crippen LogP contribution in [0.2, 0.25) is 5.02 Å². The molecule has 1 saturated heterocycles. The van der Waals surface area contributed by atoms with Gasteiger partial charge in [0.2, 0.25) is 0 Å². The lowest BCUT2D eigenvalue weighted by atomic mass is 9.98. The molecule has 0 saturated carbocycles. The van der Waals surface area contributed by atoms with Crippen LogP contribution in [0.5, 0.6) is 0 Å². The molecule has 0 aliphatic carbocycles. The van der Waals surface area contributed by atoms with E-state index in [2.05, 4.69) is 9.97 Å². The zero-order valence-corrected chi connectivity index (χ0v) is 15.7. The molecule has 7 heteroatoms. The van der Waals surface area contributed by atoms with Crippen molar-refractivity contribution in [2.75, 3.05) is 13.1 Å². The summed E-state index contributed by atoms with van der Waals surface area (Å²) in [7, 11) is 0. The smallest absolute Gasteiger partial charge is 0.265 e. The number of rotatable bonds is 4. The standard InChI is InChI=1S/C19H18ClN3O2S/c20-15-5-1-3-13(7-15)8-16-9-22-18(25-16)14-4-2-6-23(11-14)19(24)17-10-21-12-26-17/h1,3,5,7,9-10,12,14H,2,4,6,8,11H2/t14-/m1/s1. The van der Waals surface area contributed by atoms with Crippen LogP contribution in [-0.4, -0.2) is 33.9 Å². The Balaban J connectivity index is 1.44. The largest absolute Gasteiger partial charge is 0.445 e. The van der Waals surface area contributed by atoms with E-state index in [4.69, 9.17) is 16.0 Å². The lowest BCUT2D eigenvalue weighted by Crippen LogP contribution is -2.38. The van der Waals surface area contributed by atoms with E-state index in [1.165, 1.54) is 11.3 Å². The number of thiazole rings is 1. The minimum atomic E-state index is 0.0444. The van der Waals surface area contributed by atoms with Crippen LogP contribution in [0.1, 0.15) is 45.6 Å². The molecule has 134 valence electrons. The maximum atomic E-state index is 12.5. The molecule has 1 amide bonds. The van der Waals surface area contributed by atoms with Crippen molar-refractivity contribution in [1.29, 1.82) is 0 Å². The van der Waals surface area contributed by atoms with Crippen LogP contribution >= 0.6 is 22.9 Å². The zero-order chi connectivity index (χ0) is 17.9. The second-order valence-corrected chi connectivity index (χ2v) is 7.75. The molecule has 1 aliphatic rings. The first kappa shape index (κ1) is 17.2. The number of nitrogens with zero attached hydrogens (tertiary/aromatic N) is 3. The van der Waals surface area contributed by atoms with Crippen LogP contribution in [-0.2, 0) is 6.42 Å². The van der Waals surface area contributed by atoms with Gasteiger partial charge in [-0.2, -0.15) is 0 Å². The third-order valence-corrected chi connectivity index (χ3v) is 5.54. The van der Waals surface area contributed by atoms with E-state index in [0.29, 0.717) is 28.8 Å². The summed E-state index contributed by atoms with van der Waals surface area (Å²) in [5, 5.41) is 0.715. The second kappa shape index (κ2) is 7.60. The number of piperidine rings is 1. The number of halogens is 1. The molecule has 0 spiro atoms. The summed E-state index contributed by atoms with van der Waals surface area (Å²) in [5.74, 6) is 1.70. The van der Waals surface area contributed by atoms with Crippen LogP contribution in [0.25, 0.3) is 0 Å². The number of likely N-dealkylation sites (tertiary alicyclic amines) is 1. The Bertz CT molecular complexity index is 894. The summed E-state index contributed by atoms with van der Waals surface area (Å²) in [6, 6.07) is 7.73. The molecule has 5 nitrogen and oxygen atoms in total. The number of aromatic nitrogens is 2. The van der Waals surface area contributed by atoms with Gasteiger partial charge in [0.1, 0.15) is 10.6 Å². The number of carbonyl (C=O) groups is 1. The summed E-state index contributed by atoms with van der Waals surface area (Å²) in [4.78, 5) is 23.6. The van der Waals surface area contributed by atoms with Gasteiger partial charge in [-0.15, -0.1) is 11.3 Å². The zero-order valence-electron chi connectivity index (χ0n) is 14.1. The average Bonchev–Trinajstić information content (AvgIpc) is 3.33. The van der Waals surface area contributed by atoms with Crippen molar-refractivity contribution >= 4 is 28.8 Å². The number of carbonyl (C=O) groups excluding carboxylic acids is 1. The number of hydrogen-bond donors (Lipinski definition) is 0. The number of hydrogen-bond acceptors (Lipinski definition) is 5. The summed E-state index contributed by atoms with van der Waals surface area (Å²) in [6.45, 7) is 1.40. The van der Waals surface area contributed by atoms with Gasteiger partial charge in [0.15, 0.2) is 5.89 Å². The van der Waals surface area contributed by atoms with Crippen molar-refractivity contribution in [3.8, 4) is 0 Å². The van der Waals surface area contributed by atoms with Crippen molar-refractivity contribution in [3.05, 3.63) is 69.3 Å². The van der Waals surface area contributed by atoms with Gasteiger partial charge in [-0.1, -0.05) is 23.7 Å². The molecule has 3 heterocycles. The predicted octanol–water partition coefficient (Wildman–Crippen LogP) is 4.40. The van der Waals surface area contributed by atoms with Gasteiger partial charge >= 0.3 is 0 Å². The van der Waals surface area contributed by atoms with Gasteiger partial charge in [-0.05, 0) is 30.5 Å². The van der Waals surface area contributed by atoms with E-state index in [-0.39, 0.29) is 11.8 Å². The van der Waals surface area contributed by atoms with E-state index in [9.17, 15) is 4.79 Å². The molecule has 1 fully saturated rings. The molecular formula is C19H18ClN3O2S. The fourth-order valence-corrected chi connectivity index (χ4v) is 4.08. The van der Waals surface area contributed by atoms with E-state index < -0.39 is 0 Å². The SMILES string of the molecule is O=C(c1cncs1)N1CCC[C@@H](c2ncc(Cc3cccc(Cl)c3)o2)C1. The molecule has 1 aliphatic heterocycles. The number of oxazole rings is 1. The third kappa shape index (κ3) is 3.81. The van der Waals surface area contributed by atoms with Gasteiger partial charge in [0, 0.05) is 24.5 Å². The molecule has 1 aromatic carbocycles. The Kier molecular flexibility index (Phi) is 5.04. The van der Waals surface area contributed by atoms with Gasteiger partial charge in [-0.3, -0.25) is 9.78 Å². The van der Waals surface area contributed by atoms with Crippen molar-refractivity contribution in [2.45, 2.75) is 25.2 Å². The van der Waals surface area contributed by atoms with Gasteiger partial charge in [-0.25, -0.2) is 4.98 Å². The summed E-state index contributed by atoms with van der Waals surface area (Å²) in [6.07, 6.45) is 5.99. The average molecular weight is 388 g/mol. The monoisotopic (exact) mass is 387 g/mol. The molecule has 0 unspecified atom stereocenters. The van der Waals surface area contributed by atoms with Crippen LogP contribution < -0.4 is 0 Å². The first-order valence-corrected chi connectivity index (χ1v) is 9.81. The Labute approximate surface area is 160 Å². The van der Waals surface area contributed by atoms with Gasteiger partial charge in [0.05, 0.1) is 23.8 Å². The summed E-state index contributed by atoms with van der Waals surface area (Å²) >= 11 is 7.41. The Morgan fingerprint density at radius 3 is 3.12 bits per heavy atom. The van der Waals surface area contributed by atoms with Crippen molar-refractivity contribution in [2.24, 2.45) is 0 Å². The van der Waals surface area contributed by atoms with Crippen LogP contribution in [0.3, 0.4) is 0 Å². The first-order valence-electron chi connectivity index (χ1n) is 8.56. The lowest BCUT2D eigenvalue weighted by molar-refractivity contribution is 0.0702. The minimum Gasteiger partial charge on any atom is -0.445 e. The normalized spacial score (nSPS) is 17.4. The van der Waals surface area contributed by atoms with Gasteiger partial charge < -0.3 is 9.32 Å². The topological polar surface area (TPSA) is 59.2 Å². The minimum absolute atomic E-state index is 0.0444. The molecule has 3 aromatic rings. The first-order chi connectivity index (χ1) is 12.7. The number of amides is 1. The highest BCUT2D eigenvalue weighted by atomic mass is 35.5. The van der Waals surface area contributed by atoms with Crippen LogP contribution in [0.15, 0.2) is 46.6 Å². The second-order valence-electron chi connectivity index (χ2n) is 6.43. The lowest BCUT2D eigenvalue weighted by Gasteiger charge is -2.30. The highest BCUT2D eigenvalue weighted by Gasteiger charge is 2.28. The maximum Gasteiger partial charge on any atom is 0.265 e. The van der Waals surface area contributed by atoms with Crippen molar-refractivity contribution in [3.63, 3.8) is 0 Å². The van der Waals surface area contributed by atoms with Gasteiger partial charge in [0.25, 0.3) is 5.91 Å². The molecule has 4 rings (SSSR count). The Morgan fingerprint density at radius 1 is 1.38 bits per heavy atom. The fraction of sp³-hybridized carbons (Fsp3) is 0.316. The quantitative estimate of drug-likeness (QED) is 0.665. The molecule has 0 N–H and O–H groups in total. The third-order valence-electron chi connectivity index (χ3n) is 4.54.